The molecule has 202 valence electrons. The second-order valence-corrected chi connectivity index (χ2v) is 9.35. The van der Waals surface area contributed by atoms with Gasteiger partial charge in [0.2, 0.25) is 11.8 Å². The van der Waals surface area contributed by atoms with Crippen LogP contribution in [0.25, 0.3) is 6.08 Å². The molecule has 4 rings (SSSR count). The molecule has 0 atom stereocenters. The Morgan fingerprint density at radius 1 is 0.825 bits per heavy atom. The number of hydrogen-bond donors (Lipinski definition) is 2. The molecule has 40 heavy (non-hydrogen) atoms. The van der Waals surface area contributed by atoms with E-state index >= 15 is 0 Å². The van der Waals surface area contributed by atoms with Crippen molar-refractivity contribution < 1.29 is 19.1 Å². The molecule has 0 saturated carbocycles. The van der Waals surface area contributed by atoms with E-state index in [1.54, 1.807) is 48.5 Å². The van der Waals surface area contributed by atoms with Crippen molar-refractivity contribution in [2.24, 2.45) is 0 Å². The summed E-state index contributed by atoms with van der Waals surface area (Å²) in [5.74, 6) is -0.0584. The lowest BCUT2D eigenvalue weighted by Crippen LogP contribution is -2.18. The number of ketones is 1. The Balaban J connectivity index is 1.51. The Morgan fingerprint density at radius 2 is 1.55 bits per heavy atom. The fourth-order valence-electron chi connectivity index (χ4n) is 4.09. The van der Waals surface area contributed by atoms with Crippen molar-refractivity contribution in [3.8, 4) is 5.75 Å². The van der Waals surface area contributed by atoms with Gasteiger partial charge in [-0.25, -0.2) is 0 Å². The number of benzene rings is 4. The summed E-state index contributed by atoms with van der Waals surface area (Å²) in [7, 11) is 0. The van der Waals surface area contributed by atoms with Crippen LogP contribution in [-0.2, 0) is 16.0 Å². The molecule has 4 aromatic rings. The fourth-order valence-corrected chi connectivity index (χ4v) is 4.09. The summed E-state index contributed by atoms with van der Waals surface area (Å²) in [5.41, 5.74) is 4.37. The van der Waals surface area contributed by atoms with Gasteiger partial charge in [0.05, 0.1) is 18.7 Å². The Hall–Kier alpha value is -4.97. The monoisotopic (exact) mass is 532 g/mol. The van der Waals surface area contributed by atoms with E-state index in [0.717, 1.165) is 28.9 Å². The van der Waals surface area contributed by atoms with E-state index < -0.39 is 0 Å². The highest BCUT2D eigenvalue weighted by molar-refractivity contribution is 6.15. The minimum absolute atomic E-state index is 0.181. The van der Waals surface area contributed by atoms with Crippen molar-refractivity contribution in [2.75, 3.05) is 17.2 Å². The zero-order valence-corrected chi connectivity index (χ0v) is 22.6. The lowest BCUT2D eigenvalue weighted by molar-refractivity contribution is -0.115. The van der Waals surface area contributed by atoms with Gasteiger partial charge in [0, 0.05) is 22.9 Å². The minimum atomic E-state index is -0.347. The predicted molar refractivity (Wildman–Crippen MR) is 160 cm³/mol. The fraction of sp³-hybridized carbons (Fsp3) is 0.147. The molecule has 2 amide bonds. The maximum atomic E-state index is 13.4. The first-order chi connectivity index (χ1) is 19.4. The standard InChI is InChI=1S/C34H32N2O4/c1-3-21-40-29-17-13-25(14-18-29)15-20-32(37)35-28-16-19-31(30(23-28)34(39)26-10-5-4-6-11-26)36-33(38)22-27-12-8-7-9-24(27)2/h4-20,23H,3,21-22H2,1-2H3,(H,35,37)(H,36,38)/b20-15+. The van der Waals surface area contributed by atoms with Crippen LogP contribution in [0, 0.1) is 6.92 Å². The van der Waals surface area contributed by atoms with E-state index in [-0.39, 0.29) is 29.6 Å². The zero-order valence-electron chi connectivity index (χ0n) is 22.6. The summed E-state index contributed by atoms with van der Waals surface area (Å²) in [4.78, 5) is 39.0. The molecular weight excluding hydrogens is 500 g/mol. The molecule has 0 aliphatic carbocycles. The van der Waals surface area contributed by atoms with Crippen molar-refractivity contribution in [2.45, 2.75) is 26.7 Å². The maximum absolute atomic E-state index is 13.4. The molecule has 0 aliphatic heterocycles. The lowest BCUT2D eigenvalue weighted by atomic mass is 10.0. The number of amides is 2. The highest BCUT2D eigenvalue weighted by atomic mass is 16.5. The zero-order chi connectivity index (χ0) is 28.3. The first-order valence-electron chi connectivity index (χ1n) is 13.2. The molecule has 0 spiro atoms. The van der Waals surface area contributed by atoms with Gasteiger partial charge in [0.15, 0.2) is 5.78 Å². The van der Waals surface area contributed by atoms with Gasteiger partial charge < -0.3 is 15.4 Å². The number of carbonyl (C=O) groups is 3. The molecule has 4 aromatic carbocycles. The van der Waals surface area contributed by atoms with Gasteiger partial charge in [0.25, 0.3) is 0 Å². The molecule has 0 radical (unpaired) electrons. The van der Waals surface area contributed by atoms with Crippen molar-refractivity contribution >= 4 is 35.0 Å². The van der Waals surface area contributed by atoms with Crippen LogP contribution >= 0.6 is 0 Å². The third-order valence-electron chi connectivity index (χ3n) is 6.23. The number of aryl methyl sites for hydroxylation is 1. The number of carbonyl (C=O) groups excluding carboxylic acids is 3. The summed E-state index contributed by atoms with van der Waals surface area (Å²) in [6.07, 6.45) is 4.25. The average Bonchev–Trinajstić information content (AvgIpc) is 2.97. The van der Waals surface area contributed by atoms with E-state index in [2.05, 4.69) is 10.6 Å². The van der Waals surface area contributed by atoms with E-state index in [4.69, 9.17) is 4.74 Å². The van der Waals surface area contributed by atoms with Crippen LogP contribution in [0.4, 0.5) is 11.4 Å². The van der Waals surface area contributed by atoms with Gasteiger partial charge in [-0.1, -0.05) is 73.7 Å². The Kier molecular flexibility index (Phi) is 9.62. The molecule has 6 heteroatoms. The largest absolute Gasteiger partial charge is 0.494 e. The first-order valence-corrected chi connectivity index (χ1v) is 13.2. The molecule has 0 bridgehead atoms. The third-order valence-corrected chi connectivity index (χ3v) is 6.23. The molecule has 0 fully saturated rings. The number of nitrogens with one attached hydrogen (secondary N) is 2. The highest BCUT2D eigenvalue weighted by Crippen LogP contribution is 2.25. The van der Waals surface area contributed by atoms with E-state index in [1.165, 1.54) is 6.08 Å². The first kappa shape index (κ1) is 28.0. The Labute approximate surface area is 234 Å². The number of rotatable bonds is 11. The smallest absolute Gasteiger partial charge is 0.248 e. The van der Waals surface area contributed by atoms with Crippen LogP contribution < -0.4 is 15.4 Å². The summed E-state index contributed by atoms with van der Waals surface area (Å²) >= 11 is 0. The van der Waals surface area contributed by atoms with Gasteiger partial charge in [0.1, 0.15) is 5.75 Å². The number of ether oxygens (including phenoxy) is 1. The second kappa shape index (κ2) is 13.7. The summed E-state index contributed by atoms with van der Waals surface area (Å²) < 4.78 is 5.59. The molecule has 0 aromatic heterocycles. The Morgan fingerprint density at radius 3 is 2.27 bits per heavy atom. The van der Waals surface area contributed by atoms with Crippen LogP contribution in [0.1, 0.15) is 46.0 Å². The van der Waals surface area contributed by atoms with Crippen LogP contribution in [-0.4, -0.2) is 24.2 Å². The molecule has 6 nitrogen and oxygen atoms in total. The van der Waals surface area contributed by atoms with Crippen molar-refractivity contribution in [3.05, 3.63) is 131 Å². The van der Waals surface area contributed by atoms with Gasteiger partial charge >= 0.3 is 0 Å². The van der Waals surface area contributed by atoms with Crippen LogP contribution in [0.15, 0.2) is 103 Å². The van der Waals surface area contributed by atoms with Crippen molar-refractivity contribution in [1.29, 1.82) is 0 Å². The van der Waals surface area contributed by atoms with Gasteiger partial charge in [-0.15, -0.1) is 0 Å². The molecule has 2 N–H and O–H groups in total. The molecule has 0 aliphatic rings. The van der Waals surface area contributed by atoms with E-state index in [0.29, 0.717) is 23.5 Å². The van der Waals surface area contributed by atoms with Crippen LogP contribution in [0.5, 0.6) is 5.75 Å². The van der Waals surface area contributed by atoms with Crippen LogP contribution in [0.2, 0.25) is 0 Å². The van der Waals surface area contributed by atoms with Gasteiger partial charge in [-0.05, 0) is 66.4 Å². The van der Waals surface area contributed by atoms with Crippen LogP contribution in [0.3, 0.4) is 0 Å². The van der Waals surface area contributed by atoms with Crippen molar-refractivity contribution in [3.63, 3.8) is 0 Å². The quantitative estimate of drug-likeness (QED) is 0.163. The predicted octanol–water partition coefficient (Wildman–Crippen LogP) is 6.85. The summed E-state index contributed by atoms with van der Waals surface area (Å²) in [6.45, 7) is 4.66. The summed E-state index contributed by atoms with van der Waals surface area (Å²) in [6, 6.07) is 28.9. The van der Waals surface area contributed by atoms with E-state index in [1.807, 2.05) is 68.4 Å². The number of anilines is 2. The topological polar surface area (TPSA) is 84.5 Å². The lowest BCUT2D eigenvalue weighted by Gasteiger charge is -2.14. The SMILES string of the molecule is CCCOc1ccc(/C=C/C(=O)Nc2ccc(NC(=O)Cc3ccccc3C)c(C(=O)c3ccccc3)c2)cc1. The minimum Gasteiger partial charge on any atom is -0.494 e. The molecule has 0 heterocycles. The third kappa shape index (κ3) is 7.77. The van der Waals surface area contributed by atoms with Gasteiger partial charge in [-0.2, -0.15) is 0 Å². The number of hydrogen-bond acceptors (Lipinski definition) is 4. The molecule has 0 saturated heterocycles. The molecule has 0 unspecified atom stereocenters. The normalized spacial score (nSPS) is 10.8. The maximum Gasteiger partial charge on any atom is 0.248 e. The van der Waals surface area contributed by atoms with Crippen molar-refractivity contribution in [1.82, 2.24) is 0 Å². The highest BCUT2D eigenvalue weighted by Gasteiger charge is 2.17. The second-order valence-electron chi connectivity index (χ2n) is 9.35. The Bertz CT molecular complexity index is 1510. The van der Waals surface area contributed by atoms with E-state index in [9.17, 15) is 14.4 Å². The molecular formula is C34H32N2O4. The average molecular weight is 533 g/mol. The summed E-state index contributed by atoms with van der Waals surface area (Å²) in [5, 5.41) is 5.70. The van der Waals surface area contributed by atoms with Gasteiger partial charge in [-0.3, -0.25) is 14.4 Å².